The van der Waals surface area contributed by atoms with E-state index in [9.17, 15) is 4.79 Å². The van der Waals surface area contributed by atoms with Crippen LogP contribution in [0.5, 0.6) is 0 Å². The second kappa shape index (κ2) is 8.46. The van der Waals surface area contributed by atoms with Gasteiger partial charge in [-0.3, -0.25) is 9.69 Å². The highest BCUT2D eigenvalue weighted by atomic mass is 32.2. The number of thioether (sulfide) groups is 1. The van der Waals surface area contributed by atoms with Crippen LogP contribution in [0, 0.1) is 0 Å². The van der Waals surface area contributed by atoms with Crippen molar-refractivity contribution in [3.05, 3.63) is 16.1 Å². The summed E-state index contributed by atoms with van der Waals surface area (Å²) >= 11 is 3.70. The van der Waals surface area contributed by atoms with Crippen molar-refractivity contribution in [2.45, 2.75) is 32.4 Å². The Balaban J connectivity index is 1.41. The average molecular weight is 355 g/mol. The zero-order valence-corrected chi connectivity index (χ0v) is 15.4. The smallest absolute Gasteiger partial charge is 0.224 e. The Labute approximate surface area is 146 Å². The van der Waals surface area contributed by atoms with Gasteiger partial charge in [-0.25, -0.2) is 4.98 Å². The molecule has 0 saturated carbocycles. The van der Waals surface area contributed by atoms with Gasteiger partial charge in [-0.15, -0.1) is 11.3 Å². The van der Waals surface area contributed by atoms with Gasteiger partial charge >= 0.3 is 0 Å². The number of amides is 1. The molecule has 2 aliphatic rings. The molecule has 1 N–H and O–H groups in total. The van der Waals surface area contributed by atoms with Gasteiger partial charge < -0.3 is 10.2 Å². The van der Waals surface area contributed by atoms with Crippen LogP contribution in [-0.2, 0) is 17.8 Å². The number of carbonyl (C=O) groups is 1. The third-order valence-electron chi connectivity index (χ3n) is 4.43. The molecule has 5 nitrogen and oxygen atoms in total. The van der Waals surface area contributed by atoms with Crippen LogP contribution < -0.4 is 5.32 Å². The molecule has 3 rings (SSSR count). The van der Waals surface area contributed by atoms with Crippen molar-refractivity contribution in [1.29, 1.82) is 0 Å². The fourth-order valence-electron chi connectivity index (χ4n) is 3.06. The minimum Gasteiger partial charge on any atom is -0.340 e. The SMILES string of the molecule is CCc1nc(CN2CCN(C(=O)CC3CSCCN3)CC2)cs1. The predicted molar refractivity (Wildman–Crippen MR) is 97.1 cm³/mol. The lowest BCUT2D eigenvalue weighted by molar-refractivity contribution is -0.133. The number of hydrogen-bond donors (Lipinski definition) is 1. The molecule has 7 heteroatoms. The molecule has 0 aliphatic carbocycles. The number of carbonyl (C=O) groups excluding carboxylic acids is 1. The number of rotatable bonds is 5. The van der Waals surface area contributed by atoms with E-state index in [0.717, 1.165) is 51.4 Å². The molecule has 2 fully saturated rings. The Morgan fingerprint density at radius 2 is 2.22 bits per heavy atom. The van der Waals surface area contributed by atoms with E-state index in [-0.39, 0.29) is 0 Å². The van der Waals surface area contributed by atoms with Crippen molar-refractivity contribution in [3.8, 4) is 0 Å². The maximum atomic E-state index is 12.4. The molecule has 2 aliphatic heterocycles. The van der Waals surface area contributed by atoms with Crippen LogP contribution in [-0.4, -0.2) is 71.0 Å². The number of nitrogens with zero attached hydrogens (tertiary/aromatic N) is 3. The molecule has 23 heavy (non-hydrogen) atoms. The van der Waals surface area contributed by atoms with Gasteiger partial charge in [-0.1, -0.05) is 6.92 Å². The van der Waals surface area contributed by atoms with E-state index in [4.69, 9.17) is 0 Å². The molecule has 1 unspecified atom stereocenters. The fraction of sp³-hybridized carbons (Fsp3) is 0.750. The largest absolute Gasteiger partial charge is 0.340 e. The lowest BCUT2D eigenvalue weighted by atomic mass is 10.2. The minimum absolute atomic E-state index is 0.312. The molecule has 0 radical (unpaired) electrons. The zero-order chi connectivity index (χ0) is 16.1. The third kappa shape index (κ3) is 4.92. The highest BCUT2D eigenvalue weighted by molar-refractivity contribution is 7.99. The van der Waals surface area contributed by atoms with Crippen LogP contribution in [0.3, 0.4) is 0 Å². The number of hydrogen-bond acceptors (Lipinski definition) is 6. The summed E-state index contributed by atoms with van der Waals surface area (Å²) in [5, 5.41) is 6.84. The molecule has 1 amide bonds. The molecule has 0 spiro atoms. The van der Waals surface area contributed by atoms with Gasteiger partial charge in [0.1, 0.15) is 0 Å². The van der Waals surface area contributed by atoms with E-state index in [0.29, 0.717) is 18.4 Å². The van der Waals surface area contributed by atoms with E-state index in [1.165, 1.54) is 16.5 Å². The Morgan fingerprint density at radius 3 is 2.87 bits per heavy atom. The summed E-state index contributed by atoms with van der Waals surface area (Å²) in [4.78, 5) is 21.5. The van der Waals surface area contributed by atoms with Gasteiger partial charge in [0.25, 0.3) is 0 Å². The molecule has 128 valence electrons. The maximum Gasteiger partial charge on any atom is 0.224 e. The number of piperazine rings is 1. The summed E-state index contributed by atoms with van der Waals surface area (Å²) < 4.78 is 0. The number of aryl methyl sites for hydroxylation is 1. The van der Waals surface area contributed by atoms with Gasteiger partial charge in [0.05, 0.1) is 10.7 Å². The van der Waals surface area contributed by atoms with Crippen molar-refractivity contribution in [1.82, 2.24) is 20.1 Å². The standard InChI is InChI=1S/C16H26N4OS2/c1-2-15-18-14(12-23-15)10-19-4-6-20(7-5-19)16(21)9-13-11-22-8-3-17-13/h12-13,17H,2-11H2,1H3. The second-order valence-electron chi connectivity index (χ2n) is 6.17. The zero-order valence-electron chi connectivity index (χ0n) is 13.8. The number of thiazole rings is 1. The van der Waals surface area contributed by atoms with Gasteiger partial charge in [0.15, 0.2) is 0 Å². The van der Waals surface area contributed by atoms with Crippen molar-refractivity contribution in [2.24, 2.45) is 0 Å². The van der Waals surface area contributed by atoms with Crippen LogP contribution in [0.2, 0.25) is 0 Å². The number of nitrogens with one attached hydrogen (secondary N) is 1. The highest BCUT2D eigenvalue weighted by Crippen LogP contribution is 2.15. The van der Waals surface area contributed by atoms with E-state index >= 15 is 0 Å². The molecule has 2 saturated heterocycles. The van der Waals surface area contributed by atoms with E-state index < -0.39 is 0 Å². The molecular weight excluding hydrogens is 328 g/mol. The summed E-state index contributed by atoms with van der Waals surface area (Å²) in [6.45, 7) is 7.71. The van der Waals surface area contributed by atoms with Gasteiger partial charge in [-0.2, -0.15) is 11.8 Å². The first-order valence-corrected chi connectivity index (χ1v) is 10.5. The van der Waals surface area contributed by atoms with E-state index in [1.807, 2.05) is 16.7 Å². The molecule has 0 aromatic carbocycles. The Kier molecular flexibility index (Phi) is 6.33. The molecular formula is C16H26N4OS2. The second-order valence-corrected chi connectivity index (χ2v) is 8.27. The van der Waals surface area contributed by atoms with Gasteiger partial charge in [0, 0.05) is 68.6 Å². The number of aromatic nitrogens is 1. The fourth-order valence-corrected chi connectivity index (χ4v) is 4.74. The first-order chi connectivity index (χ1) is 11.2. The highest BCUT2D eigenvalue weighted by Gasteiger charge is 2.24. The van der Waals surface area contributed by atoms with Crippen LogP contribution in [0.15, 0.2) is 5.38 Å². The van der Waals surface area contributed by atoms with Crippen molar-refractivity contribution in [2.75, 3.05) is 44.2 Å². The Morgan fingerprint density at radius 1 is 1.39 bits per heavy atom. The quantitative estimate of drug-likeness (QED) is 0.867. The summed E-state index contributed by atoms with van der Waals surface area (Å²) in [7, 11) is 0. The van der Waals surface area contributed by atoms with Gasteiger partial charge in [0.2, 0.25) is 5.91 Å². The first kappa shape index (κ1) is 17.2. The van der Waals surface area contributed by atoms with Crippen molar-refractivity contribution in [3.63, 3.8) is 0 Å². The lowest BCUT2D eigenvalue weighted by Crippen LogP contribution is -2.50. The average Bonchev–Trinajstić information content (AvgIpc) is 3.04. The minimum atomic E-state index is 0.312. The molecule has 1 atom stereocenters. The predicted octanol–water partition coefficient (Wildman–Crippen LogP) is 1.44. The van der Waals surface area contributed by atoms with E-state index in [2.05, 4.69) is 27.5 Å². The van der Waals surface area contributed by atoms with E-state index in [1.54, 1.807) is 11.3 Å². The summed E-state index contributed by atoms with van der Waals surface area (Å²) in [5.74, 6) is 2.54. The molecule has 1 aromatic heterocycles. The van der Waals surface area contributed by atoms with Crippen LogP contribution in [0.25, 0.3) is 0 Å². The lowest BCUT2D eigenvalue weighted by Gasteiger charge is -2.35. The maximum absolute atomic E-state index is 12.4. The molecule has 1 aromatic rings. The normalized spacial score (nSPS) is 23.2. The Hall–Kier alpha value is -0.630. The summed E-state index contributed by atoms with van der Waals surface area (Å²) in [5.41, 5.74) is 1.18. The molecule has 3 heterocycles. The Bertz CT molecular complexity index is 508. The van der Waals surface area contributed by atoms with Gasteiger partial charge in [-0.05, 0) is 6.42 Å². The van der Waals surface area contributed by atoms with Crippen LogP contribution >= 0.6 is 23.1 Å². The summed E-state index contributed by atoms with van der Waals surface area (Å²) in [6, 6.07) is 0.363. The van der Waals surface area contributed by atoms with Crippen molar-refractivity contribution < 1.29 is 4.79 Å². The monoisotopic (exact) mass is 354 g/mol. The van der Waals surface area contributed by atoms with Crippen molar-refractivity contribution >= 4 is 29.0 Å². The van der Waals surface area contributed by atoms with Crippen LogP contribution in [0.1, 0.15) is 24.0 Å². The topological polar surface area (TPSA) is 48.5 Å². The van der Waals surface area contributed by atoms with Crippen LogP contribution in [0.4, 0.5) is 0 Å². The third-order valence-corrected chi connectivity index (χ3v) is 6.60. The first-order valence-electron chi connectivity index (χ1n) is 8.49. The summed E-state index contributed by atoms with van der Waals surface area (Å²) in [6.07, 6.45) is 1.67. The molecule has 0 bridgehead atoms.